The number of aromatic nitrogens is 1. The van der Waals surface area contributed by atoms with Gasteiger partial charge in [-0.1, -0.05) is 33.6 Å². The first-order valence-corrected chi connectivity index (χ1v) is 13.9. The van der Waals surface area contributed by atoms with Gasteiger partial charge in [-0.3, -0.25) is 19.5 Å². The molecular weight excluding hydrogens is 600 g/mol. The van der Waals surface area contributed by atoms with Crippen LogP contribution in [-0.4, -0.2) is 78.0 Å². The number of carboxylic acids is 1. The second-order valence-electron chi connectivity index (χ2n) is 8.77. The summed E-state index contributed by atoms with van der Waals surface area (Å²) in [6.45, 7) is 1.94. The maximum absolute atomic E-state index is 13.1. The fraction of sp³-hybridized carbons (Fsp3) is 0.400. The molecule has 2 atom stereocenters. The van der Waals surface area contributed by atoms with Crippen LogP contribution in [0.1, 0.15) is 35.9 Å². The van der Waals surface area contributed by atoms with E-state index < -0.39 is 24.4 Å². The maximum Gasteiger partial charge on any atom is 0.338 e. The third-order valence-electron chi connectivity index (χ3n) is 6.12. The standard InChI is InChI=1S/C25H26BrClN4O6S/c1-36-25(35)21-19(13-31-7-8-37-16(12-31)4-3-15(32)11-20(33)34)29-23(24-28-6-9-38-24)30-22(21)17-5-2-14(27)10-18(17)26/h2,5-6,9-10,16,22H,3-4,7-8,11-13H2,1H3,(H,29,30)(H,33,34)/t16-,22+/m1/s1. The van der Waals surface area contributed by atoms with E-state index in [1.807, 2.05) is 11.4 Å². The summed E-state index contributed by atoms with van der Waals surface area (Å²) in [5.41, 5.74) is 1.75. The minimum atomic E-state index is -1.13. The summed E-state index contributed by atoms with van der Waals surface area (Å²) in [5.74, 6) is -1.43. The van der Waals surface area contributed by atoms with E-state index in [2.05, 4.69) is 31.1 Å². The van der Waals surface area contributed by atoms with Gasteiger partial charge in [0.15, 0.2) is 10.8 Å². The number of rotatable bonds is 10. The number of carbonyl (C=O) groups excluding carboxylic acids is 2. The zero-order valence-corrected chi connectivity index (χ0v) is 23.6. The Morgan fingerprint density at radius 2 is 2.18 bits per heavy atom. The smallest absolute Gasteiger partial charge is 0.338 e. The molecule has 2 N–H and O–H groups in total. The number of benzene rings is 1. The average Bonchev–Trinajstić information content (AvgIpc) is 3.42. The van der Waals surface area contributed by atoms with Gasteiger partial charge in [-0.25, -0.2) is 9.78 Å². The molecule has 2 aromatic rings. The Hall–Kier alpha value is -2.64. The Kier molecular flexibility index (Phi) is 9.66. The van der Waals surface area contributed by atoms with Gasteiger partial charge in [0.25, 0.3) is 0 Å². The zero-order chi connectivity index (χ0) is 27.2. The molecule has 0 amide bonds. The Balaban J connectivity index is 1.62. The lowest BCUT2D eigenvalue weighted by molar-refractivity contribution is -0.140. The molecule has 0 radical (unpaired) electrons. The highest BCUT2D eigenvalue weighted by Crippen LogP contribution is 2.37. The van der Waals surface area contributed by atoms with Crippen LogP contribution in [0.4, 0.5) is 0 Å². The fourth-order valence-corrected chi connectivity index (χ4v) is 5.86. The van der Waals surface area contributed by atoms with Gasteiger partial charge in [0.2, 0.25) is 0 Å². The number of hydrogen-bond acceptors (Lipinski definition) is 10. The number of thiazole rings is 1. The fourth-order valence-electron chi connectivity index (χ4n) is 4.37. The monoisotopic (exact) mass is 624 g/mol. The molecule has 2 aliphatic rings. The van der Waals surface area contributed by atoms with Gasteiger partial charge in [0.05, 0.1) is 25.4 Å². The number of halogens is 2. The molecular formula is C25H26BrClN4O6S. The van der Waals surface area contributed by atoms with Crippen LogP contribution in [0.3, 0.4) is 0 Å². The van der Waals surface area contributed by atoms with Crippen molar-refractivity contribution < 1.29 is 29.0 Å². The van der Waals surface area contributed by atoms with E-state index >= 15 is 0 Å². The van der Waals surface area contributed by atoms with Gasteiger partial charge in [-0.15, -0.1) is 11.3 Å². The number of nitrogens with zero attached hydrogens (tertiary/aromatic N) is 3. The Morgan fingerprint density at radius 1 is 1.37 bits per heavy atom. The van der Waals surface area contributed by atoms with Crippen LogP contribution < -0.4 is 5.32 Å². The lowest BCUT2D eigenvalue weighted by Crippen LogP contribution is -2.46. The van der Waals surface area contributed by atoms with Gasteiger partial charge in [-0.2, -0.15) is 0 Å². The zero-order valence-electron chi connectivity index (χ0n) is 20.5. The van der Waals surface area contributed by atoms with Crippen LogP contribution in [0.5, 0.6) is 0 Å². The van der Waals surface area contributed by atoms with E-state index in [1.165, 1.54) is 18.4 Å². The van der Waals surface area contributed by atoms with Crippen molar-refractivity contribution in [2.45, 2.75) is 31.4 Å². The topological polar surface area (TPSA) is 130 Å². The number of amidine groups is 1. The van der Waals surface area contributed by atoms with Crippen LogP contribution >= 0.6 is 38.9 Å². The number of Topliss-reactive ketones (excluding diaryl/α,β-unsaturated/α-hetero) is 1. The number of methoxy groups -OCH3 is 1. The minimum Gasteiger partial charge on any atom is -0.481 e. The predicted molar refractivity (Wildman–Crippen MR) is 145 cm³/mol. The third-order valence-corrected chi connectivity index (χ3v) is 7.82. The van der Waals surface area contributed by atoms with Crippen LogP contribution in [0.25, 0.3) is 0 Å². The minimum absolute atomic E-state index is 0.132. The molecule has 1 aromatic carbocycles. The number of aliphatic carboxylic acids is 1. The summed E-state index contributed by atoms with van der Waals surface area (Å²) >= 11 is 11.2. The number of ketones is 1. The largest absolute Gasteiger partial charge is 0.481 e. The van der Waals surface area contributed by atoms with E-state index in [-0.39, 0.29) is 18.3 Å². The van der Waals surface area contributed by atoms with Crippen molar-refractivity contribution in [2.75, 3.05) is 33.4 Å². The number of hydrogen-bond donors (Lipinski definition) is 2. The second-order valence-corrected chi connectivity index (χ2v) is 11.0. The van der Waals surface area contributed by atoms with Crippen molar-refractivity contribution in [1.82, 2.24) is 15.2 Å². The van der Waals surface area contributed by atoms with Gasteiger partial charge in [0.1, 0.15) is 18.2 Å². The average molecular weight is 626 g/mol. The first-order valence-electron chi connectivity index (χ1n) is 11.8. The van der Waals surface area contributed by atoms with E-state index in [4.69, 9.17) is 31.2 Å². The highest BCUT2D eigenvalue weighted by molar-refractivity contribution is 9.10. The van der Waals surface area contributed by atoms with Gasteiger partial charge < -0.3 is 19.9 Å². The summed E-state index contributed by atoms with van der Waals surface area (Å²) in [6, 6.07) is 4.65. The molecule has 0 unspecified atom stereocenters. The Labute approximate surface area is 236 Å². The molecule has 3 heterocycles. The van der Waals surface area contributed by atoms with Crippen molar-refractivity contribution in [3.63, 3.8) is 0 Å². The number of carbonyl (C=O) groups is 3. The first-order chi connectivity index (χ1) is 18.2. The quantitative estimate of drug-likeness (QED) is 0.300. The number of nitrogens with one attached hydrogen (secondary N) is 1. The molecule has 38 heavy (non-hydrogen) atoms. The molecule has 1 fully saturated rings. The molecule has 0 aliphatic carbocycles. The molecule has 10 nitrogen and oxygen atoms in total. The number of morpholine rings is 1. The first kappa shape index (κ1) is 28.4. The molecule has 0 spiro atoms. The second kappa shape index (κ2) is 12.9. The van der Waals surface area contributed by atoms with Gasteiger partial charge in [-0.05, 0) is 24.1 Å². The van der Waals surface area contributed by atoms with Crippen molar-refractivity contribution in [3.05, 3.63) is 61.1 Å². The molecule has 13 heteroatoms. The van der Waals surface area contributed by atoms with E-state index in [9.17, 15) is 14.4 Å². The molecule has 4 rings (SSSR count). The number of ether oxygens (including phenoxy) is 2. The molecule has 0 saturated carbocycles. The Bertz CT molecular complexity index is 1270. The van der Waals surface area contributed by atoms with Crippen LogP contribution in [-0.2, 0) is 23.9 Å². The molecule has 2 aliphatic heterocycles. The molecule has 1 aromatic heterocycles. The van der Waals surface area contributed by atoms with E-state index in [0.717, 1.165) is 5.56 Å². The predicted octanol–water partition coefficient (Wildman–Crippen LogP) is 3.60. The molecule has 1 saturated heterocycles. The molecule has 0 bridgehead atoms. The van der Waals surface area contributed by atoms with Crippen molar-refractivity contribution in [2.24, 2.45) is 4.99 Å². The Morgan fingerprint density at radius 3 is 2.87 bits per heavy atom. The lowest BCUT2D eigenvalue weighted by atomic mass is 9.95. The van der Waals surface area contributed by atoms with Crippen molar-refractivity contribution >= 4 is 62.4 Å². The summed E-state index contributed by atoms with van der Waals surface area (Å²) in [6.07, 6.45) is 1.52. The summed E-state index contributed by atoms with van der Waals surface area (Å²) in [5, 5.41) is 15.2. The highest BCUT2D eigenvalue weighted by atomic mass is 79.9. The van der Waals surface area contributed by atoms with E-state index in [1.54, 1.807) is 18.3 Å². The van der Waals surface area contributed by atoms with Crippen LogP contribution in [0, 0.1) is 0 Å². The highest BCUT2D eigenvalue weighted by Gasteiger charge is 2.35. The summed E-state index contributed by atoms with van der Waals surface area (Å²) in [7, 11) is 1.33. The lowest BCUT2D eigenvalue weighted by Gasteiger charge is -2.35. The van der Waals surface area contributed by atoms with Crippen molar-refractivity contribution in [3.8, 4) is 0 Å². The number of carboxylic acid groups (broad SMARTS) is 1. The van der Waals surface area contributed by atoms with E-state index in [0.29, 0.717) is 64.3 Å². The maximum atomic E-state index is 13.1. The van der Waals surface area contributed by atoms with Gasteiger partial charge >= 0.3 is 11.9 Å². The summed E-state index contributed by atoms with van der Waals surface area (Å²) < 4.78 is 11.7. The number of aliphatic imine (C=N–C) groups is 1. The van der Waals surface area contributed by atoms with Gasteiger partial charge in [0, 0.05) is 52.8 Å². The SMILES string of the molecule is COC(=O)C1=C(CN2CCO[C@H](CCC(=O)CC(=O)O)C2)NC(c2nccs2)=N[C@H]1c1ccc(Cl)cc1Br. The van der Waals surface area contributed by atoms with Crippen molar-refractivity contribution in [1.29, 1.82) is 0 Å². The van der Waals surface area contributed by atoms with Crippen LogP contribution in [0.2, 0.25) is 5.02 Å². The number of esters is 1. The summed E-state index contributed by atoms with van der Waals surface area (Å²) in [4.78, 5) is 47.2. The van der Waals surface area contributed by atoms with Crippen LogP contribution in [0.15, 0.2) is 50.5 Å². The third kappa shape index (κ3) is 7.06. The normalized spacial score (nSPS) is 20.0. The molecule has 202 valence electrons.